The molecule has 0 aromatic carbocycles. The van der Waals surface area contributed by atoms with Crippen LogP contribution >= 0.6 is 0 Å². The second-order valence-electron chi connectivity index (χ2n) is 6.23. The number of hydrogen-bond acceptors (Lipinski definition) is 4. The molecular formula is C14H24N4O3. The molecule has 0 aliphatic heterocycles. The van der Waals surface area contributed by atoms with Gasteiger partial charge < -0.3 is 10.4 Å². The van der Waals surface area contributed by atoms with Gasteiger partial charge in [-0.25, -0.2) is 4.68 Å². The van der Waals surface area contributed by atoms with Gasteiger partial charge in [-0.1, -0.05) is 26.0 Å². The molecule has 0 bridgehead atoms. The lowest BCUT2D eigenvalue weighted by molar-refractivity contribution is -0.137. The van der Waals surface area contributed by atoms with E-state index >= 15 is 0 Å². The summed E-state index contributed by atoms with van der Waals surface area (Å²) in [7, 11) is 0. The molecule has 118 valence electrons. The van der Waals surface area contributed by atoms with Crippen LogP contribution in [0.4, 0.5) is 0 Å². The minimum Gasteiger partial charge on any atom is -0.481 e. The Morgan fingerprint density at radius 1 is 1.33 bits per heavy atom. The predicted molar refractivity (Wildman–Crippen MR) is 77.5 cm³/mol. The molecule has 0 saturated carbocycles. The van der Waals surface area contributed by atoms with Gasteiger partial charge in [-0.05, 0) is 24.2 Å². The van der Waals surface area contributed by atoms with E-state index in [4.69, 9.17) is 5.11 Å². The van der Waals surface area contributed by atoms with Crippen molar-refractivity contribution in [3.8, 4) is 0 Å². The molecule has 0 aliphatic carbocycles. The van der Waals surface area contributed by atoms with E-state index in [0.29, 0.717) is 13.0 Å². The van der Waals surface area contributed by atoms with E-state index in [1.165, 1.54) is 10.9 Å². The van der Waals surface area contributed by atoms with E-state index in [1.54, 1.807) is 6.20 Å². The van der Waals surface area contributed by atoms with E-state index in [2.05, 4.69) is 36.4 Å². The SMILES string of the molecule is CC(C)(C)C(CCNC(=O)Cn1ccnn1)CCC(=O)O. The number of amides is 1. The first-order valence-corrected chi connectivity index (χ1v) is 7.11. The molecule has 1 aromatic rings. The third-order valence-corrected chi connectivity index (χ3v) is 3.52. The second kappa shape index (κ2) is 7.75. The molecule has 1 amide bonds. The summed E-state index contributed by atoms with van der Waals surface area (Å²) in [5, 5.41) is 19.0. The number of aromatic nitrogens is 3. The molecule has 0 fully saturated rings. The highest BCUT2D eigenvalue weighted by molar-refractivity contribution is 5.75. The minimum absolute atomic E-state index is 0.0199. The lowest BCUT2D eigenvalue weighted by Gasteiger charge is -2.30. The third kappa shape index (κ3) is 6.87. The first-order chi connectivity index (χ1) is 9.79. The van der Waals surface area contributed by atoms with Gasteiger partial charge in [0, 0.05) is 19.2 Å². The minimum atomic E-state index is -0.778. The Balaban J connectivity index is 2.35. The zero-order chi connectivity index (χ0) is 15.9. The van der Waals surface area contributed by atoms with Gasteiger partial charge in [0.2, 0.25) is 5.91 Å². The highest BCUT2D eigenvalue weighted by Gasteiger charge is 2.24. The van der Waals surface area contributed by atoms with E-state index in [0.717, 1.165) is 6.42 Å². The van der Waals surface area contributed by atoms with Gasteiger partial charge in [0.15, 0.2) is 0 Å². The average Bonchev–Trinajstić information content (AvgIpc) is 2.84. The topological polar surface area (TPSA) is 97.1 Å². The number of aliphatic carboxylic acids is 1. The van der Waals surface area contributed by atoms with Crippen molar-refractivity contribution >= 4 is 11.9 Å². The van der Waals surface area contributed by atoms with Crippen LogP contribution in [0.3, 0.4) is 0 Å². The van der Waals surface area contributed by atoms with E-state index < -0.39 is 5.97 Å². The Morgan fingerprint density at radius 3 is 2.57 bits per heavy atom. The summed E-state index contributed by atoms with van der Waals surface area (Å²) in [5.41, 5.74) is 0.0199. The standard InChI is InChI=1S/C14H24N4O3/c1-14(2,3)11(4-5-13(20)21)6-7-15-12(19)10-18-9-8-16-17-18/h8-9,11H,4-7,10H2,1-3H3,(H,15,19)(H,20,21). The molecule has 1 rings (SSSR count). The number of rotatable bonds is 8. The van der Waals surface area contributed by atoms with Crippen molar-refractivity contribution in [1.82, 2.24) is 20.3 Å². The van der Waals surface area contributed by atoms with Crippen molar-refractivity contribution in [3.63, 3.8) is 0 Å². The zero-order valence-corrected chi connectivity index (χ0v) is 12.9. The number of hydrogen-bond donors (Lipinski definition) is 2. The fourth-order valence-corrected chi connectivity index (χ4v) is 2.21. The number of nitrogens with zero attached hydrogens (tertiary/aromatic N) is 3. The third-order valence-electron chi connectivity index (χ3n) is 3.52. The van der Waals surface area contributed by atoms with Crippen LogP contribution in [-0.2, 0) is 16.1 Å². The maximum Gasteiger partial charge on any atom is 0.303 e. The van der Waals surface area contributed by atoms with Crippen molar-refractivity contribution in [2.24, 2.45) is 11.3 Å². The number of carbonyl (C=O) groups is 2. The normalized spacial score (nSPS) is 12.9. The molecule has 7 heteroatoms. The van der Waals surface area contributed by atoms with Crippen LogP contribution in [0.2, 0.25) is 0 Å². The first-order valence-electron chi connectivity index (χ1n) is 7.11. The van der Waals surface area contributed by atoms with Crippen LogP contribution in [0, 0.1) is 11.3 Å². The summed E-state index contributed by atoms with van der Waals surface area (Å²) in [5.74, 6) is -0.647. The van der Waals surface area contributed by atoms with Crippen molar-refractivity contribution in [3.05, 3.63) is 12.4 Å². The number of carboxylic acid groups (broad SMARTS) is 1. The highest BCUT2D eigenvalue weighted by Crippen LogP contribution is 2.32. The summed E-state index contributed by atoms with van der Waals surface area (Å²) in [6.45, 7) is 6.97. The molecule has 2 N–H and O–H groups in total. The van der Waals surface area contributed by atoms with Crippen molar-refractivity contribution < 1.29 is 14.7 Å². The lowest BCUT2D eigenvalue weighted by atomic mass is 9.76. The zero-order valence-electron chi connectivity index (χ0n) is 12.9. The fraction of sp³-hybridized carbons (Fsp3) is 0.714. The molecular weight excluding hydrogens is 272 g/mol. The molecule has 0 radical (unpaired) electrons. The van der Waals surface area contributed by atoms with Crippen molar-refractivity contribution in [2.75, 3.05) is 6.54 Å². The van der Waals surface area contributed by atoms with Gasteiger partial charge in [-0.3, -0.25) is 9.59 Å². The highest BCUT2D eigenvalue weighted by atomic mass is 16.4. The molecule has 1 unspecified atom stereocenters. The number of carboxylic acids is 1. The predicted octanol–water partition coefficient (Wildman–Crippen LogP) is 1.31. The van der Waals surface area contributed by atoms with Gasteiger partial charge in [0.25, 0.3) is 0 Å². The fourth-order valence-electron chi connectivity index (χ4n) is 2.21. The van der Waals surface area contributed by atoms with E-state index in [1.807, 2.05) is 0 Å². The van der Waals surface area contributed by atoms with Gasteiger partial charge in [0.05, 0.1) is 6.20 Å². The molecule has 21 heavy (non-hydrogen) atoms. The summed E-state index contributed by atoms with van der Waals surface area (Å²) in [4.78, 5) is 22.4. The molecule has 0 aliphatic rings. The van der Waals surface area contributed by atoms with Crippen LogP contribution in [-0.4, -0.2) is 38.5 Å². The monoisotopic (exact) mass is 296 g/mol. The van der Waals surface area contributed by atoms with Crippen molar-refractivity contribution in [1.29, 1.82) is 0 Å². The van der Waals surface area contributed by atoms with Gasteiger partial charge in [-0.15, -0.1) is 5.10 Å². The smallest absolute Gasteiger partial charge is 0.303 e. The van der Waals surface area contributed by atoms with Crippen LogP contribution in [0.5, 0.6) is 0 Å². The molecule has 7 nitrogen and oxygen atoms in total. The van der Waals surface area contributed by atoms with Crippen LogP contribution < -0.4 is 5.32 Å². The number of nitrogens with one attached hydrogen (secondary N) is 1. The van der Waals surface area contributed by atoms with E-state index in [9.17, 15) is 9.59 Å². The van der Waals surface area contributed by atoms with Crippen LogP contribution in [0.1, 0.15) is 40.0 Å². The van der Waals surface area contributed by atoms with Crippen molar-refractivity contribution in [2.45, 2.75) is 46.6 Å². The molecule has 0 saturated heterocycles. The van der Waals surface area contributed by atoms with Gasteiger partial charge in [-0.2, -0.15) is 0 Å². The van der Waals surface area contributed by atoms with Gasteiger partial charge >= 0.3 is 5.97 Å². The largest absolute Gasteiger partial charge is 0.481 e. The molecule has 1 atom stereocenters. The second-order valence-corrected chi connectivity index (χ2v) is 6.23. The maximum atomic E-state index is 11.7. The summed E-state index contributed by atoms with van der Waals surface area (Å²) in [6.07, 6.45) is 4.70. The van der Waals surface area contributed by atoms with Crippen LogP contribution in [0.25, 0.3) is 0 Å². The van der Waals surface area contributed by atoms with Crippen LogP contribution in [0.15, 0.2) is 12.4 Å². The Hall–Kier alpha value is -1.92. The quantitative estimate of drug-likeness (QED) is 0.754. The summed E-state index contributed by atoms with van der Waals surface area (Å²) < 4.78 is 1.46. The molecule has 1 aromatic heterocycles. The Bertz CT molecular complexity index is 451. The van der Waals surface area contributed by atoms with E-state index in [-0.39, 0.29) is 30.2 Å². The Labute approximate surface area is 124 Å². The first kappa shape index (κ1) is 17.1. The Morgan fingerprint density at radius 2 is 2.05 bits per heavy atom. The average molecular weight is 296 g/mol. The van der Waals surface area contributed by atoms with Gasteiger partial charge in [0.1, 0.15) is 6.54 Å². The molecule has 0 spiro atoms. The summed E-state index contributed by atoms with van der Waals surface area (Å²) in [6, 6.07) is 0. The number of carbonyl (C=O) groups excluding carboxylic acids is 1. The summed E-state index contributed by atoms with van der Waals surface area (Å²) >= 11 is 0. The molecule has 1 heterocycles. The lowest BCUT2D eigenvalue weighted by Crippen LogP contribution is -2.32. The maximum absolute atomic E-state index is 11.7. The Kier molecular flexibility index (Phi) is 6.33.